The van der Waals surface area contributed by atoms with Gasteiger partial charge in [0, 0.05) is 24.2 Å². The average Bonchev–Trinajstić information content (AvgIpc) is 3.14. The number of carbonyl (C=O) groups is 2. The Morgan fingerprint density at radius 1 is 0.966 bits per heavy atom. The van der Waals surface area contributed by atoms with Gasteiger partial charge in [-0.3, -0.25) is 9.59 Å². The number of hydrogen-bond acceptors (Lipinski definition) is 4. The fourth-order valence-corrected chi connectivity index (χ4v) is 2.88. The number of nitrogens with zero attached hydrogens (tertiary/aromatic N) is 2. The van der Waals surface area contributed by atoms with E-state index >= 15 is 0 Å². The quantitative estimate of drug-likeness (QED) is 0.577. The number of aryl methyl sites for hydroxylation is 1. The van der Waals surface area contributed by atoms with Crippen LogP contribution in [0.25, 0.3) is 5.69 Å². The van der Waals surface area contributed by atoms with Crippen LogP contribution in [0.4, 0.5) is 0 Å². The standard InChI is InChI=1S/C22H24N4O3/c1-3-29-19-11-9-17(10-12-19)21(27)23-13-14-24-22(28)20-16(2)15-25-26(20)18-7-5-4-6-8-18/h4-12,15H,3,13-14H2,1-2H3,(H,23,27)(H,24,28). The van der Waals surface area contributed by atoms with E-state index in [1.54, 1.807) is 35.1 Å². The number of amides is 2. The molecular weight excluding hydrogens is 368 g/mol. The van der Waals surface area contributed by atoms with Crippen LogP contribution in [-0.2, 0) is 0 Å². The van der Waals surface area contributed by atoms with Gasteiger partial charge in [-0.2, -0.15) is 5.10 Å². The fourth-order valence-electron chi connectivity index (χ4n) is 2.88. The van der Waals surface area contributed by atoms with Crippen molar-refractivity contribution in [3.05, 3.63) is 77.6 Å². The zero-order chi connectivity index (χ0) is 20.6. The van der Waals surface area contributed by atoms with Crippen molar-refractivity contribution in [3.63, 3.8) is 0 Å². The molecule has 3 aromatic rings. The molecule has 0 radical (unpaired) electrons. The molecule has 3 rings (SSSR count). The first-order valence-corrected chi connectivity index (χ1v) is 9.49. The highest BCUT2D eigenvalue weighted by Gasteiger charge is 2.17. The lowest BCUT2D eigenvalue weighted by molar-refractivity contribution is 0.0923. The van der Waals surface area contributed by atoms with Crippen LogP contribution in [0, 0.1) is 6.92 Å². The first-order valence-electron chi connectivity index (χ1n) is 9.49. The highest BCUT2D eigenvalue weighted by atomic mass is 16.5. The molecule has 0 unspecified atom stereocenters. The summed E-state index contributed by atoms with van der Waals surface area (Å²) in [5.74, 6) is 0.286. The van der Waals surface area contributed by atoms with Crippen molar-refractivity contribution in [1.29, 1.82) is 0 Å². The first-order chi connectivity index (χ1) is 14.1. The van der Waals surface area contributed by atoms with Gasteiger partial charge in [0.2, 0.25) is 0 Å². The van der Waals surface area contributed by atoms with Crippen molar-refractivity contribution < 1.29 is 14.3 Å². The van der Waals surface area contributed by atoms with Crippen LogP contribution < -0.4 is 15.4 Å². The molecule has 0 atom stereocenters. The molecule has 29 heavy (non-hydrogen) atoms. The second kappa shape index (κ2) is 9.54. The molecule has 1 heterocycles. The number of hydrogen-bond donors (Lipinski definition) is 2. The molecule has 0 fully saturated rings. The van der Waals surface area contributed by atoms with E-state index in [0.717, 1.165) is 17.0 Å². The SMILES string of the molecule is CCOc1ccc(C(=O)NCCNC(=O)c2c(C)cnn2-c2ccccc2)cc1. The van der Waals surface area contributed by atoms with Crippen LogP contribution in [0.15, 0.2) is 60.8 Å². The molecule has 0 aliphatic carbocycles. The van der Waals surface area contributed by atoms with E-state index in [4.69, 9.17) is 4.74 Å². The molecule has 0 bridgehead atoms. The van der Waals surface area contributed by atoms with Crippen molar-refractivity contribution in [1.82, 2.24) is 20.4 Å². The predicted octanol–water partition coefficient (Wildman–Crippen LogP) is 2.74. The van der Waals surface area contributed by atoms with Crippen molar-refractivity contribution in [2.75, 3.05) is 19.7 Å². The van der Waals surface area contributed by atoms with Crippen LogP contribution in [0.3, 0.4) is 0 Å². The Labute approximate surface area is 169 Å². The number of benzene rings is 2. The summed E-state index contributed by atoms with van der Waals surface area (Å²) < 4.78 is 6.98. The van der Waals surface area contributed by atoms with Gasteiger partial charge >= 0.3 is 0 Å². The van der Waals surface area contributed by atoms with E-state index in [1.807, 2.05) is 44.2 Å². The summed E-state index contributed by atoms with van der Waals surface area (Å²) in [6, 6.07) is 16.4. The molecule has 7 nitrogen and oxygen atoms in total. The van der Waals surface area contributed by atoms with Crippen LogP contribution in [0.1, 0.15) is 33.3 Å². The van der Waals surface area contributed by atoms with Gasteiger partial charge in [-0.05, 0) is 50.2 Å². The topological polar surface area (TPSA) is 85.2 Å². The minimum absolute atomic E-state index is 0.201. The maximum atomic E-state index is 12.6. The zero-order valence-electron chi connectivity index (χ0n) is 16.5. The van der Waals surface area contributed by atoms with Crippen molar-refractivity contribution in [3.8, 4) is 11.4 Å². The minimum Gasteiger partial charge on any atom is -0.494 e. The van der Waals surface area contributed by atoms with E-state index in [0.29, 0.717) is 31.0 Å². The van der Waals surface area contributed by atoms with Crippen LogP contribution in [-0.4, -0.2) is 41.3 Å². The molecule has 2 N–H and O–H groups in total. The Morgan fingerprint density at radius 2 is 1.62 bits per heavy atom. The second-order valence-electron chi connectivity index (χ2n) is 6.39. The van der Waals surface area contributed by atoms with E-state index in [-0.39, 0.29) is 11.8 Å². The Kier molecular flexibility index (Phi) is 6.63. The number of para-hydroxylation sites is 1. The van der Waals surface area contributed by atoms with Gasteiger partial charge < -0.3 is 15.4 Å². The van der Waals surface area contributed by atoms with Crippen molar-refractivity contribution in [2.24, 2.45) is 0 Å². The highest BCUT2D eigenvalue weighted by Crippen LogP contribution is 2.14. The van der Waals surface area contributed by atoms with Crippen LogP contribution in [0.5, 0.6) is 5.75 Å². The van der Waals surface area contributed by atoms with Gasteiger partial charge in [0.15, 0.2) is 0 Å². The fraction of sp³-hybridized carbons (Fsp3) is 0.227. The highest BCUT2D eigenvalue weighted by molar-refractivity contribution is 5.95. The average molecular weight is 392 g/mol. The molecule has 1 aromatic heterocycles. The van der Waals surface area contributed by atoms with E-state index in [9.17, 15) is 9.59 Å². The van der Waals surface area contributed by atoms with Crippen LogP contribution >= 0.6 is 0 Å². The molecule has 150 valence electrons. The summed E-state index contributed by atoms with van der Waals surface area (Å²) >= 11 is 0. The Hall–Kier alpha value is -3.61. The molecule has 2 amide bonds. The Balaban J connectivity index is 1.53. The predicted molar refractivity (Wildman–Crippen MR) is 111 cm³/mol. The molecule has 0 aliphatic rings. The smallest absolute Gasteiger partial charge is 0.270 e. The number of nitrogens with one attached hydrogen (secondary N) is 2. The molecule has 0 saturated carbocycles. The third-order valence-corrected chi connectivity index (χ3v) is 4.29. The largest absolute Gasteiger partial charge is 0.494 e. The minimum atomic E-state index is -0.237. The number of aromatic nitrogens is 2. The van der Waals surface area contributed by atoms with Gasteiger partial charge in [0.1, 0.15) is 11.4 Å². The zero-order valence-corrected chi connectivity index (χ0v) is 16.5. The van der Waals surface area contributed by atoms with Gasteiger partial charge in [0.05, 0.1) is 18.5 Å². The summed E-state index contributed by atoms with van der Waals surface area (Å²) in [4.78, 5) is 24.8. The molecule has 0 saturated heterocycles. The van der Waals surface area contributed by atoms with E-state index in [2.05, 4.69) is 15.7 Å². The monoisotopic (exact) mass is 392 g/mol. The van der Waals surface area contributed by atoms with Crippen molar-refractivity contribution >= 4 is 11.8 Å². The summed E-state index contributed by atoms with van der Waals surface area (Å²) in [7, 11) is 0. The summed E-state index contributed by atoms with van der Waals surface area (Å²) in [5.41, 5.74) is 2.62. The third-order valence-electron chi connectivity index (χ3n) is 4.29. The number of carbonyl (C=O) groups excluding carboxylic acids is 2. The molecular formula is C22H24N4O3. The van der Waals surface area contributed by atoms with Gasteiger partial charge in [-0.15, -0.1) is 0 Å². The van der Waals surface area contributed by atoms with E-state index < -0.39 is 0 Å². The lowest BCUT2D eigenvalue weighted by Crippen LogP contribution is -2.35. The Bertz CT molecular complexity index is 965. The summed E-state index contributed by atoms with van der Waals surface area (Å²) in [6.45, 7) is 4.95. The molecule has 2 aromatic carbocycles. The summed E-state index contributed by atoms with van der Waals surface area (Å²) in [5, 5.41) is 9.93. The second-order valence-corrected chi connectivity index (χ2v) is 6.39. The maximum absolute atomic E-state index is 12.6. The lowest BCUT2D eigenvalue weighted by atomic mass is 10.2. The molecule has 0 spiro atoms. The normalized spacial score (nSPS) is 10.4. The molecule has 0 aliphatic heterocycles. The van der Waals surface area contributed by atoms with E-state index in [1.165, 1.54) is 0 Å². The summed E-state index contributed by atoms with van der Waals surface area (Å²) in [6.07, 6.45) is 1.66. The van der Waals surface area contributed by atoms with Crippen LogP contribution in [0.2, 0.25) is 0 Å². The van der Waals surface area contributed by atoms with Gasteiger partial charge in [-0.1, -0.05) is 18.2 Å². The maximum Gasteiger partial charge on any atom is 0.270 e. The van der Waals surface area contributed by atoms with Crippen molar-refractivity contribution in [2.45, 2.75) is 13.8 Å². The number of ether oxygens (including phenoxy) is 1. The van der Waals surface area contributed by atoms with Gasteiger partial charge in [-0.25, -0.2) is 4.68 Å². The third kappa shape index (κ3) is 5.01. The Morgan fingerprint density at radius 3 is 2.28 bits per heavy atom. The first kappa shape index (κ1) is 20.1. The lowest BCUT2D eigenvalue weighted by Gasteiger charge is -2.10. The molecule has 7 heteroatoms. The van der Waals surface area contributed by atoms with Gasteiger partial charge in [0.25, 0.3) is 11.8 Å². The number of rotatable bonds is 8.